The Bertz CT molecular complexity index is 1410. The lowest BCUT2D eigenvalue weighted by molar-refractivity contribution is -0.153. The number of rotatable bonds is 25. The Balaban J connectivity index is 3.51. The number of allylic oxidation sites excluding steroid dienone is 1. The van der Waals surface area contributed by atoms with Gasteiger partial charge in [0.2, 0.25) is 23.6 Å². The number of aliphatic hydroxyl groups is 1. The summed E-state index contributed by atoms with van der Waals surface area (Å²) < 4.78 is 5.65. The highest BCUT2D eigenvalue weighted by Gasteiger charge is 2.49. The maximum Gasteiger partial charge on any atom is 0.324 e. The molecule has 0 spiro atoms. The lowest BCUT2D eigenvalue weighted by Crippen LogP contribution is -2.66. The Morgan fingerprint density at radius 1 is 1.09 bits per heavy atom. The Kier molecular flexibility index (Phi) is 22.6. The van der Waals surface area contributed by atoms with Crippen molar-refractivity contribution in [3.05, 3.63) is 12.2 Å². The third-order valence-corrected chi connectivity index (χ3v) is 11.3. The number of aldehydes is 1. The molecule has 1 saturated heterocycles. The molecule has 1 aliphatic rings. The first-order valence-electron chi connectivity index (χ1n) is 18.0. The molecule has 0 bridgehead atoms. The van der Waals surface area contributed by atoms with E-state index in [1.54, 1.807) is 46.8 Å². The number of carbonyl (C=O) groups is 8. The van der Waals surface area contributed by atoms with Crippen LogP contribution in [-0.2, 0) is 43.1 Å². The molecule has 0 radical (unpaired) electrons. The van der Waals surface area contributed by atoms with Gasteiger partial charge in [-0.25, -0.2) is 0 Å². The molecule has 0 aromatic carbocycles. The number of hydrogen-bond donors (Lipinski definition) is 11. The second kappa shape index (κ2) is 25.1. The van der Waals surface area contributed by atoms with E-state index < -0.39 is 107 Å². The van der Waals surface area contributed by atoms with Crippen LogP contribution in [0.25, 0.3) is 0 Å². The molecule has 9 unspecified atom stereocenters. The number of carboxylic acid groups (broad SMARTS) is 2. The van der Waals surface area contributed by atoms with Crippen LogP contribution in [0.4, 0.5) is 0 Å². The van der Waals surface area contributed by atoms with Gasteiger partial charge in [0.25, 0.3) is 0 Å². The van der Waals surface area contributed by atoms with Crippen LogP contribution < -0.4 is 38.1 Å². The van der Waals surface area contributed by atoms with Crippen LogP contribution in [0.2, 0.25) is 0 Å². The maximum absolute atomic E-state index is 13.7. The van der Waals surface area contributed by atoms with Gasteiger partial charge >= 0.3 is 17.9 Å². The predicted molar refractivity (Wildman–Crippen MR) is 213 cm³/mol. The Hall–Kier alpha value is -3.41. The number of esters is 1. The van der Waals surface area contributed by atoms with Gasteiger partial charge in [-0.2, -0.15) is 24.4 Å². The van der Waals surface area contributed by atoms with Crippen LogP contribution in [0.3, 0.4) is 0 Å². The summed E-state index contributed by atoms with van der Waals surface area (Å²) in [5, 5.41) is 40.5. The number of nitrogens with one attached hydrogen (secondary N) is 5. The largest absolute Gasteiger partial charge is 0.480 e. The molecule has 22 heteroatoms. The van der Waals surface area contributed by atoms with E-state index in [1.165, 1.54) is 0 Å². The fraction of sp³-hybridized carbons (Fsp3) is 0.706. The quantitative estimate of drug-likeness (QED) is 0.0161. The summed E-state index contributed by atoms with van der Waals surface area (Å²) in [5.74, 6) is -7.09. The van der Waals surface area contributed by atoms with Gasteiger partial charge in [0.1, 0.15) is 43.1 Å². The van der Waals surface area contributed by atoms with Gasteiger partial charge in [-0.05, 0) is 36.5 Å². The number of thiol groups is 1. The lowest BCUT2D eigenvalue weighted by atomic mass is 10.0. The molecule has 12 N–H and O–H groups in total. The molecule has 0 saturated carbocycles. The van der Waals surface area contributed by atoms with Gasteiger partial charge in [-0.3, -0.25) is 38.9 Å². The molecule has 0 aromatic rings. The SMILES string of the molecule is CC(C)C(N)C(=O)NC1CSC(O)(NC(C(=O)OC(/C=C/CCS)CC=O)C(C)C)C(C(C)SCC(NC(=O)CCC(N)C(=O)O)C(=O)NCC(=O)O)NC1=O. The third-order valence-electron chi connectivity index (χ3n) is 8.43. The van der Waals surface area contributed by atoms with Crippen molar-refractivity contribution in [3.8, 4) is 0 Å². The molecular formula is C34H57N7O12S3. The fourth-order valence-electron chi connectivity index (χ4n) is 4.99. The molecule has 56 heavy (non-hydrogen) atoms. The average molecular weight is 852 g/mol. The van der Waals surface area contributed by atoms with Crippen LogP contribution >= 0.6 is 36.2 Å². The summed E-state index contributed by atoms with van der Waals surface area (Å²) in [6, 6.07) is -7.31. The predicted octanol–water partition coefficient (Wildman–Crippen LogP) is -1.68. The molecule has 0 aromatic heterocycles. The van der Waals surface area contributed by atoms with E-state index in [4.69, 9.17) is 26.4 Å². The van der Waals surface area contributed by atoms with Crippen molar-refractivity contribution < 1.29 is 58.4 Å². The van der Waals surface area contributed by atoms with Crippen molar-refractivity contribution in [1.82, 2.24) is 26.6 Å². The molecular weight excluding hydrogens is 795 g/mol. The molecule has 9 atom stereocenters. The fourth-order valence-corrected chi connectivity index (χ4v) is 7.72. The summed E-state index contributed by atoms with van der Waals surface area (Å²) in [4.78, 5) is 99.5. The van der Waals surface area contributed by atoms with E-state index in [2.05, 4.69) is 39.2 Å². The second-order valence-corrected chi connectivity index (χ2v) is 16.9. The van der Waals surface area contributed by atoms with Crippen molar-refractivity contribution in [2.45, 2.75) is 113 Å². The number of nitrogens with two attached hydrogens (primary N) is 2. The molecule has 1 aliphatic heterocycles. The first-order chi connectivity index (χ1) is 26.2. The van der Waals surface area contributed by atoms with E-state index in [0.717, 1.165) is 23.5 Å². The zero-order chi connectivity index (χ0) is 42.7. The average Bonchev–Trinajstić information content (AvgIpc) is 3.24. The first kappa shape index (κ1) is 50.6. The Morgan fingerprint density at radius 2 is 1.75 bits per heavy atom. The first-order valence-corrected chi connectivity index (χ1v) is 20.6. The summed E-state index contributed by atoms with van der Waals surface area (Å²) in [6.07, 6.45) is 2.78. The molecule has 0 aliphatic carbocycles. The van der Waals surface area contributed by atoms with E-state index in [0.29, 0.717) is 18.5 Å². The van der Waals surface area contributed by atoms with Crippen LogP contribution in [0.5, 0.6) is 0 Å². The zero-order valence-electron chi connectivity index (χ0n) is 32.1. The highest BCUT2D eigenvalue weighted by Crippen LogP contribution is 2.34. The van der Waals surface area contributed by atoms with E-state index in [-0.39, 0.29) is 36.7 Å². The molecule has 1 heterocycles. The van der Waals surface area contributed by atoms with Gasteiger partial charge in [0.15, 0.2) is 5.06 Å². The van der Waals surface area contributed by atoms with Gasteiger partial charge < -0.3 is 57.6 Å². The van der Waals surface area contributed by atoms with Crippen LogP contribution in [0.1, 0.15) is 60.3 Å². The maximum atomic E-state index is 13.7. The molecule has 19 nitrogen and oxygen atoms in total. The number of carbonyl (C=O) groups excluding carboxylic acids is 6. The molecule has 318 valence electrons. The van der Waals surface area contributed by atoms with E-state index in [1.807, 2.05) is 0 Å². The minimum Gasteiger partial charge on any atom is -0.480 e. The van der Waals surface area contributed by atoms with Crippen molar-refractivity contribution in [1.29, 1.82) is 0 Å². The van der Waals surface area contributed by atoms with E-state index in [9.17, 15) is 43.5 Å². The zero-order valence-corrected chi connectivity index (χ0v) is 34.6. The van der Waals surface area contributed by atoms with E-state index >= 15 is 0 Å². The number of thioether (sulfide) groups is 2. The molecule has 1 fully saturated rings. The van der Waals surface area contributed by atoms with Crippen molar-refractivity contribution in [2.75, 3.05) is 23.8 Å². The normalized spacial score (nSPS) is 21.8. The van der Waals surface area contributed by atoms with Gasteiger partial charge in [0.05, 0.1) is 12.1 Å². The third kappa shape index (κ3) is 17.4. The minimum atomic E-state index is -2.16. The summed E-state index contributed by atoms with van der Waals surface area (Å²) in [7, 11) is 0. The summed E-state index contributed by atoms with van der Waals surface area (Å²) in [5.41, 5.74) is 11.5. The number of carboxylic acids is 2. The Morgan fingerprint density at radius 3 is 2.30 bits per heavy atom. The van der Waals surface area contributed by atoms with Crippen molar-refractivity contribution in [3.63, 3.8) is 0 Å². The Labute approximate surface area is 340 Å². The standard InChI is InChI=1S/C34H57N7O12S3/c1-17(2)26(36)31(48)39-23-16-56-34(52,41-27(18(3)4)33(51)53-20(11-12-42)8-6-7-13-54)28(40-30(23)47)19(5)55-15-22(29(46)37-14-25(44)45)38-24(43)10-9-21(35)32(49)50/h6,8,12,17-23,26-28,41,52,54H,7,9-11,13-16,35-36H2,1-5H3,(H,37,46)(H,38,43)(H,39,48)(H,40,47)(H,44,45)(H,49,50)/b8-6+. The van der Waals surface area contributed by atoms with Gasteiger partial charge in [0, 0.05) is 29.6 Å². The number of amides is 4. The molecule has 1 rings (SSSR count). The van der Waals surface area contributed by atoms with Crippen LogP contribution in [0.15, 0.2) is 12.2 Å². The highest BCUT2D eigenvalue weighted by molar-refractivity contribution is 8.01. The summed E-state index contributed by atoms with van der Waals surface area (Å²) in [6.45, 7) is 7.65. The number of ether oxygens (including phenoxy) is 1. The highest BCUT2D eigenvalue weighted by atomic mass is 32.2. The number of hydrogen-bond acceptors (Lipinski definition) is 16. The van der Waals surface area contributed by atoms with Crippen molar-refractivity contribution in [2.24, 2.45) is 23.3 Å². The van der Waals surface area contributed by atoms with Crippen LogP contribution in [-0.4, -0.2) is 140 Å². The molecule has 4 amide bonds. The van der Waals surface area contributed by atoms with Crippen molar-refractivity contribution >= 4 is 84.0 Å². The smallest absolute Gasteiger partial charge is 0.324 e. The topological polar surface area (TPSA) is 319 Å². The number of aliphatic carboxylic acids is 2. The van der Waals surface area contributed by atoms with Gasteiger partial charge in [-0.1, -0.05) is 40.7 Å². The second-order valence-electron chi connectivity index (χ2n) is 13.8. The lowest BCUT2D eigenvalue weighted by Gasteiger charge is -2.41. The summed E-state index contributed by atoms with van der Waals surface area (Å²) >= 11 is 5.95. The monoisotopic (exact) mass is 851 g/mol. The minimum absolute atomic E-state index is 0.130. The van der Waals surface area contributed by atoms with Gasteiger partial charge in [-0.15, -0.1) is 11.8 Å². The van der Waals surface area contributed by atoms with Crippen LogP contribution in [0, 0.1) is 11.8 Å².